The van der Waals surface area contributed by atoms with Crippen LogP contribution in [0.25, 0.3) is 11.4 Å². The van der Waals surface area contributed by atoms with Crippen molar-refractivity contribution < 1.29 is 14.3 Å². The van der Waals surface area contributed by atoms with Gasteiger partial charge in [-0.05, 0) is 18.6 Å². The zero-order valence-electron chi connectivity index (χ0n) is 13.7. The van der Waals surface area contributed by atoms with Crippen molar-refractivity contribution >= 4 is 5.91 Å². The molecule has 6 nitrogen and oxygen atoms in total. The lowest BCUT2D eigenvalue weighted by Crippen LogP contribution is -2.40. The molecule has 4 rings (SSSR count). The van der Waals surface area contributed by atoms with Crippen molar-refractivity contribution in [3.8, 4) is 17.1 Å². The number of fused-ring (bicyclic) bond motifs is 1. The van der Waals surface area contributed by atoms with Crippen molar-refractivity contribution in [1.29, 1.82) is 0 Å². The first kappa shape index (κ1) is 15.2. The van der Waals surface area contributed by atoms with E-state index >= 15 is 0 Å². The standard InChI is InChI=1S/C18H21N3O3/c1-23-14-4-2-3-12(9-14)17-19-15-5-7-21(10-16(15)20-17)18(22)13-6-8-24-11-13/h2-4,9,13H,5-8,10-11H2,1H3,(H,19,20). The summed E-state index contributed by atoms with van der Waals surface area (Å²) >= 11 is 0. The molecule has 2 aromatic rings. The van der Waals surface area contributed by atoms with Crippen LogP contribution in [0.3, 0.4) is 0 Å². The van der Waals surface area contributed by atoms with Crippen LogP contribution in [0.15, 0.2) is 24.3 Å². The van der Waals surface area contributed by atoms with Crippen molar-refractivity contribution in [3.63, 3.8) is 0 Å². The summed E-state index contributed by atoms with van der Waals surface area (Å²) in [5, 5.41) is 0. The number of carbonyl (C=O) groups is 1. The molecule has 0 bridgehead atoms. The first-order valence-electron chi connectivity index (χ1n) is 8.33. The number of H-pyrrole nitrogens is 1. The van der Waals surface area contributed by atoms with Gasteiger partial charge in [0.05, 0.1) is 37.6 Å². The molecular formula is C18H21N3O3. The number of amides is 1. The van der Waals surface area contributed by atoms with Gasteiger partial charge in [-0.2, -0.15) is 0 Å². The van der Waals surface area contributed by atoms with Crippen LogP contribution in [0.2, 0.25) is 0 Å². The Morgan fingerprint density at radius 1 is 1.46 bits per heavy atom. The van der Waals surface area contributed by atoms with E-state index in [0.29, 0.717) is 19.8 Å². The Morgan fingerprint density at radius 2 is 2.38 bits per heavy atom. The lowest BCUT2D eigenvalue weighted by Gasteiger charge is -2.28. The summed E-state index contributed by atoms with van der Waals surface area (Å²) in [5.41, 5.74) is 3.08. The molecule has 2 aliphatic heterocycles. The van der Waals surface area contributed by atoms with Gasteiger partial charge < -0.3 is 19.4 Å². The van der Waals surface area contributed by atoms with Crippen molar-refractivity contribution in [1.82, 2.24) is 14.9 Å². The second-order valence-electron chi connectivity index (χ2n) is 6.31. The molecule has 0 radical (unpaired) electrons. The maximum atomic E-state index is 12.6. The van der Waals surface area contributed by atoms with Crippen LogP contribution in [-0.2, 0) is 22.5 Å². The van der Waals surface area contributed by atoms with E-state index in [0.717, 1.165) is 47.9 Å². The summed E-state index contributed by atoms with van der Waals surface area (Å²) in [6.07, 6.45) is 1.62. The molecule has 2 aliphatic rings. The molecule has 0 saturated carbocycles. The lowest BCUT2D eigenvalue weighted by atomic mass is 10.0. The van der Waals surface area contributed by atoms with E-state index in [1.807, 2.05) is 29.2 Å². The molecule has 1 aromatic heterocycles. The molecule has 1 aromatic carbocycles. The van der Waals surface area contributed by atoms with Crippen LogP contribution in [-0.4, -0.2) is 47.6 Å². The molecule has 24 heavy (non-hydrogen) atoms. The highest BCUT2D eigenvalue weighted by Crippen LogP contribution is 2.26. The third-order valence-corrected chi connectivity index (χ3v) is 4.77. The molecule has 1 saturated heterocycles. The van der Waals surface area contributed by atoms with Crippen molar-refractivity contribution in [2.45, 2.75) is 19.4 Å². The third kappa shape index (κ3) is 2.78. The van der Waals surface area contributed by atoms with E-state index in [-0.39, 0.29) is 11.8 Å². The van der Waals surface area contributed by atoms with Gasteiger partial charge in [-0.25, -0.2) is 4.98 Å². The molecule has 1 N–H and O–H groups in total. The quantitative estimate of drug-likeness (QED) is 0.936. The number of carbonyl (C=O) groups excluding carboxylic acids is 1. The van der Waals surface area contributed by atoms with Crippen LogP contribution >= 0.6 is 0 Å². The Bertz CT molecular complexity index is 750. The summed E-state index contributed by atoms with van der Waals surface area (Å²) in [5.74, 6) is 1.86. The highest BCUT2D eigenvalue weighted by atomic mass is 16.5. The van der Waals surface area contributed by atoms with E-state index in [1.165, 1.54) is 0 Å². The average molecular weight is 327 g/mol. The van der Waals surface area contributed by atoms with Gasteiger partial charge in [0.1, 0.15) is 11.6 Å². The number of nitrogens with one attached hydrogen (secondary N) is 1. The minimum Gasteiger partial charge on any atom is -0.497 e. The fraction of sp³-hybridized carbons (Fsp3) is 0.444. The Kier molecular flexibility index (Phi) is 3.98. The average Bonchev–Trinajstić information content (AvgIpc) is 3.30. The van der Waals surface area contributed by atoms with Gasteiger partial charge >= 0.3 is 0 Å². The number of aromatic nitrogens is 2. The Labute approximate surface area is 140 Å². The predicted octanol–water partition coefficient (Wildman–Crippen LogP) is 2.01. The first-order chi connectivity index (χ1) is 11.7. The number of benzene rings is 1. The number of imidazole rings is 1. The molecule has 0 spiro atoms. The number of ether oxygens (including phenoxy) is 2. The number of methoxy groups -OCH3 is 1. The van der Waals surface area contributed by atoms with Gasteiger partial charge in [0.2, 0.25) is 5.91 Å². The predicted molar refractivity (Wildman–Crippen MR) is 88.6 cm³/mol. The van der Waals surface area contributed by atoms with Gasteiger partial charge in [0, 0.05) is 25.1 Å². The first-order valence-corrected chi connectivity index (χ1v) is 8.33. The number of hydrogen-bond donors (Lipinski definition) is 1. The summed E-state index contributed by atoms with van der Waals surface area (Å²) in [7, 11) is 1.66. The summed E-state index contributed by atoms with van der Waals surface area (Å²) in [4.78, 5) is 22.6. The van der Waals surface area contributed by atoms with Crippen LogP contribution in [0.4, 0.5) is 0 Å². The molecular weight excluding hydrogens is 306 g/mol. The normalized spacial score (nSPS) is 20.0. The van der Waals surface area contributed by atoms with E-state index < -0.39 is 0 Å². The monoisotopic (exact) mass is 327 g/mol. The van der Waals surface area contributed by atoms with Crippen molar-refractivity contribution in [2.24, 2.45) is 5.92 Å². The van der Waals surface area contributed by atoms with E-state index in [9.17, 15) is 4.79 Å². The van der Waals surface area contributed by atoms with Gasteiger partial charge in [-0.15, -0.1) is 0 Å². The van der Waals surface area contributed by atoms with Crippen molar-refractivity contribution in [2.75, 3.05) is 26.9 Å². The fourth-order valence-electron chi connectivity index (χ4n) is 3.38. The van der Waals surface area contributed by atoms with E-state index in [4.69, 9.17) is 14.5 Å². The number of hydrogen-bond acceptors (Lipinski definition) is 4. The van der Waals surface area contributed by atoms with Crippen LogP contribution < -0.4 is 4.74 Å². The summed E-state index contributed by atoms with van der Waals surface area (Å²) in [6.45, 7) is 2.58. The Hall–Kier alpha value is -2.34. The van der Waals surface area contributed by atoms with Gasteiger partial charge in [0.15, 0.2) is 0 Å². The second-order valence-corrected chi connectivity index (χ2v) is 6.31. The van der Waals surface area contributed by atoms with Crippen LogP contribution in [0.1, 0.15) is 17.8 Å². The molecule has 1 fully saturated rings. The fourth-order valence-corrected chi connectivity index (χ4v) is 3.38. The number of aromatic amines is 1. The SMILES string of the molecule is COc1cccc(-c2nc3c([nH]2)CN(C(=O)C2CCOC2)CC3)c1. The summed E-state index contributed by atoms with van der Waals surface area (Å²) < 4.78 is 10.6. The molecule has 1 unspecified atom stereocenters. The van der Waals surface area contributed by atoms with Crippen LogP contribution in [0, 0.1) is 5.92 Å². The maximum absolute atomic E-state index is 12.6. The lowest BCUT2D eigenvalue weighted by molar-refractivity contribution is -0.136. The highest BCUT2D eigenvalue weighted by molar-refractivity contribution is 5.79. The van der Waals surface area contributed by atoms with Gasteiger partial charge in [-0.1, -0.05) is 12.1 Å². The minimum absolute atomic E-state index is 0.0207. The molecule has 126 valence electrons. The molecule has 1 atom stereocenters. The third-order valence-electron chi connectivity index (χ3n) is 4.77. The van der Waals surface area contributed by atoms with Gasteiger partial charge in [0.25, 0.3) is 0 Å². The zero-order valence-corrected chi connectivity index (χ0v) is 13.7. The van der Waals surface area contributed by atoms with Gasteiger partial charge in [-0.3, -0.25) is 4.79 Å². The Balaban J connectivity index is 1.54. The zero-order chi connectivity index (χ0) is 16.5. The largest absolute Gasteiger partial charge is 0.497 e. The second kappa shape index (κ2) is 6.28. The minimum atomic E-state index is 0.0207. The number of nitrogens with zero attached hydrogens (tertiary/aromatic N) is 2. The maximum Gasteiger partial charge on any atom is 0.228 e. The van der Waals surface area contributed by atoms with Crippen molar-refractivity contribution in [3.05, 3.63) is 35.7 Å². The summed E-state index contributed by atoms with van der Waals surface area (Å²) in [6, 6.07) is 7.83. The Morgan fingerprint density at radius 3 is 3.17 bits per heavy atom. The number of rotatable bonds is 3. The molecule has 0 aliphatic carbocycles. The molecule has 3 heterocycles. The smallest absolute Gasteiger partial charge is 0.228 e. The molecule has 6 heteroatoms. The molecule has 1 amide bonds. The van der Waals surface area contributed by atoms with Crippen LogP contribution in [0.5, 0.6) is 5.75 Å². The van der Waals surface area contributed by atoms with E-state index in [2.05, 4.69) is 4.98 Å². The highest BCUT2D eigenvalue weighted by Gasteiger charge is 2.31. The topological polar surface area (TPSA) is 67.5 Å². The van der Waals surface area contributed by atoms with E-state index in [1.54, 1.807) is 7.11 Å².